The molecule has 1 aliphatic rings. The zero-order chi connectivity index (χ0) is 17.1. The standard InChI is InChI=1S/C16H20N4O4/c1-24-16-9-11(5-6-15(16)20(22)23)18-13-3-2-4-14-12(13)10-17-19(14)7-8-21/h5-6,9-10,13,18,21H,2-4,7-8H2,1H3/t13-/m1/s1. The second-order valence-corrected chi connectivity index (χ2v) is 5.73. The molecule has 1 aromatic heterocycles. The number of hydrogen-bond acceptors (Lipinski definition) is 6. The van der Waals surface area contributed by atoms with Crippen molar-refractivity contribution in [2.45, 2.75) is 31.8 Å². The van der Waals surface area contributed by atoms with Crippen LogP contribution < -0.4 is 10.1 Å². The normalized spacial score (nSPS) is 16.5. The van der Waals surface area contributed by atoms with Crippen molar-refractivity contribution < 1.29 is 14.8 Å². The van der Waals surface area contributed by atoms with Crippen LogP contribution in [0.4, 0.5) is 11.4 Å². The van der Waals surface area contributed by atoms with Crippen LogP contribution in [0.15, 0.2) is 24.4 Å². The van der Waals surface area contributed by atoms with E-state index in [9.17, 15) is 10.1 Å². The van der Waals surface area contributed by atoms with Crippen LogP contribution in [0.5, 0.6) is 5.75 Å². The lowest BCUT2D eigenvalue weighted by atomic mass is 9.92. The van der Waals surface area contributed by atoms with E-state index in [2.05, 4.69) is 10.4 Å². The molecule has 0 saturated heterocycles. The number of hydrogen-bond donors (Lipinski definition) is 2. The van der Waals surface area contributed by atoms with Crippen molar-refractivity contribution in [2.75, 3.05) is 19.0 Å². The molecule has 2 aromatic rings. The zero-order valence-electron chi connectivity index (χ0n) is 13.4. The lowest BCUT2D eigenvalue weighted by Crippen LogP contribution is -2.19. The van der Waals surface area contributed by atoms with Gasteiger partial charge in [-0.25, -0.2) is 0 Å². The van der Waals surface area contributed by atoms with Gasteiger partial charge in [0.15, 0.2) is 5.75 Å². The number of aliphatic hydroxyl groups is 1. The summed E-state index contributed by atoms with van der Waals surface area (Å²) in [5, 5.41) is 27.9. The first-order chi connectivity index (χ1) is 11.6. The predicted octanol–water partition coefficient (Wildman–Crippen LogP) is 2.28. The molecule has 0 spiro atoms. The molecule has 8 nitrogen and oxygen atoms in total. The highest BCUT2D eigenvalue weighted by Gasteiger charge is 2.25. The number of rotatable bonds is 6. The van der Waals surface area contributed by atoms with E-state index in [1.165, 1.54) is 13.2 Å². The molecule has 0 unspecified atom stereocenters. The third kappa shape index (κ3) is 3.05. The number of methoxy groups -OCH3 is 1. The number of nitro benzene ring substituents is 1. The van der Waals surface area contributed by atoms with Crippen molar-refractivity contribution in [3.05, 3.63) is 45.8 Å². The van der Waals surface area contributed by atoms with E-state index in [4.69, 9.17) is 9.84 Å². The Morgan fingerprint density at radius 2 is 2.38 bits per heavy atom. The van der Waals surface area contributed by atoms with Gasteiger partial charge in [0, 0.05) is 29.1 Å². The molecule has 0 saturated carbocycles. The van der Waals surface area contributed by atoms with E-state index in [0.29, 0.717) is 6.54 Å². The number of aliphatic hydroxyl groups excluding tert-OH is 1. The first-order valence-electron chi connectivity index (χ1n) is 7.88. The van der Waals surface area contributed by atoms with E-state index in [1.54, 1.807) is 12.1 Å². The smallest absolute Gasteiger partial charge is 0.311 e. The number of nitrogens with one attached hydrogen (secondary N) is 1. The van der Waals surface area contributed by atoms with Gasteiger partial charge < -0.3 is 15.2 Å². The number of aromatic nitrogens is 2. The molecule has 0 radical (unpaired) electrons. The van der Waals surface area contributed by atoms with Crippen LogP contribution in [-0.4, -0.2) is 33.5 Å². The number of benzene rings is 1. The molecule has 0 amide bonds. The van der Waals surface area contributed by atoms with Gasteiger partial charge in [-0.3, -0.25) is 14.8 Å². The quantitative estimate of drug-likeness (QED) is 0.621. The highest BCUT2D eigenvalue weighted by molar-refractivity contribution is 5.58. The Hall–Kier alpha value is -2.61. The summed E-state index contributed by atoms with van der Waals surface area (Å²) in [6.07, 6.45) is 4.75. The van der Waals surface area contributed by atoms with Crippen LogP contribution in [-0.2, 0) is 13.0 Å². The number of ether oxygens (including phenoxy) is 1. The Balaban J connectivity index is 1.84. The molecule has 3 rings (SSSR count). The first kappa shape index (κ1) is 16.3. The monoisotopic (exact) mass is 332 g/mol. The maximum atomic E-state index is 11.0. The van der Waals surface area contributed by atoms with Gasteiger partial charge in [0.1, 0.15) is 0 Å². The van der Waals surface area contributed by atoms with Crippen molar-refractivity contribution in [2.24, 2.45) is 0 Å². The summed E-state index contributed by atoms with van der Waals surface area (Å²) in [4.78, 5) is 10.5. The summed E-state index contributed by atoms with van der Waals surface area (Å²) in [5.74, 6) is 0.233. The van der Waals surface area contributed by atoms with Crippen molar-refractivity contribution in [1.29, 1.82) is 0 Å². The van der Waals surface area contributed by atoms with E-state index >= 15 is 0 Å². The van der Waals surface area contributed by atoms with Crippen LogP contribution in [0.1, 0.15) is 30.1 Å². The SMILES string of the molecule is COc1cc(N[C@@H]2CCCc3c2cnn3CCO)ccc1[N+](=O)[O-]. The zero-order valence-corrected chi connectivity index (χ0v) is 13.4. The maximum Gasteiger partial charge on any atom is 0.311 e. The molecule has 1 heterocycles. The molecule has 2 N–H and O–H groups in total. The topological polar surface area (TPSA) is 102 Å². The molecule has 1 aliphatic carbocycles. The minimum Gasteiger partial charge on any atom is -0.490 e. The molecular formula is C16H20N4O4. The second kappa shape index (κ2) is 6.88. The largest absolute Gasteiger partial charge is 0.490 e. The second-order valence-electron chi connectivity index (χ2n) is 5.73. The van der Waals surface area contributed by atoms with Gasteiger partial charge in [0.2, 0.25) is 0 Å². The Labute approximate surface area is 139 Å². The van der Waals surface area contributed by atoms with Gasteiger partial charge in [-0.1, -0.05) is 0 Å². The molecule has 0 bridgehead atoms. The predicted molar refractivity (Wildman–Crippen MR) is 88.3 cm³/mol. The average Bonchev–Trinajstić information content (AvgIpc) is 2.99. The Kier molecular flexibility index (Phi) is 4.66. The van der Waals surface area contributed by atoms with E-state index in [0.717, 1.165) is 36.2 Å². The van der Waals surface area contributed by atoms with Crippen LogP contribution in [0.25, 0.3) is 0 Å². The molecule has 0 fully saturated rings. The van der Waals surface area contributed by atoms with Crippen molar-refractivity contribution >= 4 is 11.4 Å². The van der Waals surface area contributed by atoms with Gasteiger partial charge in [-0.15, -0.1) is 0 Å². The highest BCUT2D eigenvalue weighted by atomic mass is 16.6. The molecular weight excluding hydrogens is 312 g/mol. The molecule has 1 atom stereocenters. The molecule has 24 heavy (non-hydrogen) atoms. The summed E-state index contributed by atoms with van der Waals surface area (Å²) in [6, 6.07) is 4.87. The van der Waals surface area contributed by atoms with Gasteiger partial charge in [0.25, 0.3) is 0 Å². The summed E-state index contributed by atoms with van der Waals surface area (Å²) in [5.41, 5.74) is 2.97. The fraction of sp³-hybridized carbons (Fsp3) is 0.438. The van der Waals surface area contributed by atoms with Crippen LogP contribution in [0.2, 0.25) is 0 Å². The molecule has 0 aliphatic heterocycles. The van der Waals surface area contributed by atoms with Gasteiger partial charge >= 0.3 is 5.69 Å². The summed E-state index contributed by atoms with van der Waals surface area (Å²) < 4.78 is 6.96. The Morgan fingerprint density at radius 3 is 3.08 bits per heavy atom. The Morgan fingerprint density at radius 1 is 1.54 bits per heavy atom. The van der Waals surface area contributed by atoms with E-state index < -0.39 is 4.92 Å². The number of fused-ring (bicyclic) bond motifs is 1. The third-order valence-corrected chi connectivity index (χ3v) is 4.29. The van der Waals surface area contributed by atoms with Crippen molar-refractivity contribution in [1.82, 2.24) is 9.78 Å². The number of nitro groups is 1. The summed E-state index contributed by atoms with van der Waals surface area (Å²) in [7, 11) is 1.42. The van der Waals surface area contributed by atoms with Crippen LogP contribution in [0, 0.1) is 10.1 Å². The van der Waals surface area contributed by atoms with Crippen LogP contribution in [0.3, 0.4) is 0 Å². The summed E-state index contributed by atoms with van der Waals surface area (Å²) >= 11 is 0. The minimum absolute atomic E-state index is 0.0526. The fourth-order valence-electron chi connectivity index (χ4n) is 3.18. The minimum atomic E-state index is -0.458. The fourth-order valence-corrected chi connectivity index (χ4v) is 3.18. The number of nitrogens with zero attached hydrogens (tertiary/aromatic N) is 3. The molecule has 128 valence electrons. The number of anilines is 1. The molecule has 1 aromatic carbocycles. The average molecular weight is 332 g/mol. The lowest BCUT2D eigenvalue weighted by Gasteiger charge is -2.25. The first-order valence-corrected chi connectivity index (χ1v) is 7.88. The maximum absolute atomic E-state index is 11.0. The van der Waals surface area contributed by atoms with Gasteiger partial charge in [-0.05, 0) is 25.3 Å². The highest BCUT2D eigenvalue weighted by Crippen LogP contribution is 2.35. The van der Waals surface area contributed by atoms with Gasteiger partial charge in [0.05, 0.1) is 37.4 Å². The van der Waals surface area contributed by atoms with Crippen LogP contribution >= 0.6 is 0 Å². The Bertz CT molecular complexity index is 744. The van der Waals surface area contributed by atoms with E-state index in [-0.39, 0.29) is 24.1 Å². The van der Waals surface area contributed by atoms with E-state index in [1.807, 2.05) is 10.9 Å². The van der Waals surface area contributed by atoms with Crippen molar-refractivity contribution in [3.63, 3.8) is 0 Å². The summed E-state index contributed by atoms with van der Waals surface area (Å²) in [6.45, 7) is 0.555. The van der Waals surface area contributed by atoms with Gasteiger partial charge in [-0.2, -0.15) is 5.10 Å². The van der Waals surface area contributed by atoms with Crippen molar-refractivity contribution in [3.8, 4) is 5.75 Å². The lowest BCUT2D eigenvalue weighted by molar-refractivity contribution is -0.385. The molecule has 8 heteroatoms. The third-order valence-electron chi connectivity index (χ3n) is 4.29.